The number of nitrogens with one attached hydrogen (secondary N) is 1. The van der Waals surface area contributed by atoms with Crippen LogP contribution in [0.4, 0.5) is 0 Å². The van der Waals surface area contributed by atoms with Crippen molar-refractivity contribution in [1.29, 1.82) is 0 Å². The summed E-state index contributed by atoms with van der Waals surface area (Å²) >= 11 is 0. The summed E-state index contributed by atoms with van der Waals surface area (Å²) in [6.07, 6.45) is 1.77. The molecule has 0 aliphatic carbocycles. The highest BCUT2D eigenvalue weighted by molar-refractivity contribution is 5.85. The summed E-state index contributed by atoms with van der Waals surface area (Å²) in [5.41, 5.74) is 0.0805. The quantitative estimate of drug-likeness (QED) is 0.660. The monoisotopic (exact) mass is 207 g/mol. The van der Waals surface area contributed by atoms with Crippen LogP contribution in [0.2, 0.25) is 0 Å². The Morgan fingerprint density at radius 1 is 1.54 bits per heavy atom. The fraction of sp³-hybridized carbons (Fsp3) is 0.889. The van der Waals surface area contributed by atoms with Crippen LogP contribution in [0.3, 0.4) is 0 Å². The Balaban J connectivity index is 0.00000144. The van der Waals surface area contributed by atoms with Crippen LogP contribution in [0.15, 0.2) is 0 Å². The predicted octanol–water partition coefficient (Wildman–Crippen LogP) is 1.36. The molecule has 0 aromatic carbocycles. The van der Waals surface area contributed by atoms with Gasteiger partial charge in [-0.05, 0) is 33.2 Å². The van der Waals surface area contributed by atoms with Crippen molar-refractivity contribution < 1.29 is 9.53 Å². The summed E-state index contributed by atoms with van der Waals surface area (Å²) in [5, 5.41) is 3.36. The molecular weight excluding hydrogens is 190 g/mol. The summed E-state index contributed by atoms with van der Waals surface area (Å²) < 4.78 is 4.72. The van der Waals surface area contributed by atoms with Crippen LogP contribution in [-0.2, 0) is 9.53 Å². The van der Waals surface area contributed by atoms with Gasteiger partial charge in [-0.3, -0.25) is 4.79 Å². The summed E-state index contributed by atoms with van der Waals surface area (Å²) in [4.78, 5) is 11.2. The standard InChI is InChI=1S/C9H17NO2.ClH/c1-9(2)6-7(4-5-10-9)8(11)12-3;/h7,10H,4-6H2,1-3H3;1H. The van der Waals surface area contributed by atoms with Crippen LogP contribution in [0.25, 0.3) is 0 Å². The molecule has 1 atom stereocenters. The number of halogens is 1. The molecule has 1 heterocycles. The molecule has 4 heteroatoms. The zero-order valence-electron chi connectivity index (χ0n) is 8.42. The number of hydrogen-bond acceptors (Lipinski definition) is 3. The Kier molecular flexibility index (Phi) is 4.71. The molecule has 0 radical (unpaired) electrons. The van der Waals surface area contributed by atoms with E-state index in [9.17, 15) is 4.79 Å². The molecular formula is C9H18ClNO2. The molecule has 1 aliphatic heterocycles. The molecule has 3 nitrogen and oxygen atoms in total. The Morgan fingerprint density at radius 3 is 2.62 bits per heavy atom. The number of methoxy groups -OCH3 is 1. The molecule has 0 amide bonds. The van der Waals surface area contributed by atoms with Crippen molar-refractivity contribution >= 4 is 18.4 Å². The number of carbonyl (C=O) groups excluding carboxylic acids is 1. The maximum Gasteiger partial charge on any atom is 0.308 e. The third-order valence-corrected chi connectivity index (χ3v) is 2.39. The van der Waals surface area contributed by atoms with E-state index in [1.807, 2.05) is 0 Å². The van der Waals surface area contributed by atoms with E-state index in [-0.39, 0.29) is 29.8 Å². The van der Waals surface area contributed by atoms with Gasteiger partial charge in [0.2, 0.25) is 0 Å². The van der Waals surface area contributed by atoms with Gasteiger partial charge in [-0.25, -0.2) is 0 Å². The van der Waals surface area contributed by atoms with Gasteiger partial charge in [-0.1, -0.05) is 0 Å². The molecule has 0 saturated carbocycles. The first-order chi connectivity index (χ1) is 5.55. The zero-order valence-corrected chi connectivity index (χ0v) is 9.24. The molecule has 0 aromatic rings. The molecule has 78 valence electrons. The molecule has 1 fully saturated rings. The molecule has 0 aromatic heterocycles. The Labute approximate surface area is 85.6 Å². The normalized spacial score (nSPS) is 25.9. The topological polar surface area (TPSA) is 38.3 Å². The van der Waals surface area contributed by atoms with Gasteiger partial charge in [0.15, 0.2) is 0 Å². The van der Waals surface area contributed by atoms with Crippen molar-refractivity contribution in [3.63, 3.8) is 0 Å². The summed E-state index contributed by atoms with van der Waals surface area (Å²) in [6.45, 7) is 5.14. The van der Waals surface area contributed by atoms with E-state index in [2.05, 4.69) is 19.2 Å². The lowest BCUT2D eigenvalue weighted by molar-refractivity contribution is -0.147. The Bertz CT molecular complexity index is 182. The second-order valence-corrected chi connectivity index (χ2v) is 4.02. The maximum atomic E-state index is 11.2. The first-order valence-corrected chi connectivity index (χ1v) is 4.38. The third kappa shape index (κ3) is 3.53. The number of piperidine rings is 1. The highest BCUT2D eigenvalue weighted by Gasteiger charge is 2.31. The first kappa shape index (κ1) is 12.7. The fourth-order valence-corrected chi connectivity index (χ4v) is 1.74. The van der Waals surface area contributed by atoms with Gasteiger partial charge in [0.1, 0.15) is 0 Å². The maximum absolute atomic E-state index is 11.2. The van der Waals surface area contributed by atoms with E-state index >= 15 is 0 Å². The van der Waals surface area contributed by atoms with Crippen molar-refractivity contribution in [3.8, 4) is 0 Å². The average molecular weight is 208 g/mol. The lowest BCUT2D eigenvalue weighted by atomic mass is 9.85. The van der Waals surface area contributed by atoms with E-state index in [0.29, 0.717) is 0 Å². The van der Waals surface area contributed by atoms with E-state index < -0.39 is 0 Å². The minimum absolute atomic E-state index is 0. The van der Waals surface area contributed by atoms with Crippen molar-refractivity contribution in [2.75, 3.05) is 13.7 Å². The summed E-state index contributed by atoms with van der Waals surface area (Å²) in [5.74, 6) is 0.0239. The lowest BCUT2D eigenvalue weighted by Crippen LogP contribution is -2.48. The van der Waals surface area contributed by atoms with Crippen LogP contribution in [-0.4, -0.2) is 25.2 Å². The van der Waals surface area contributed by atoms with Crippen LogP contribution in [0.1, 0.15) is 26.7 Å². The van der Waals surface area contributed by atoms with Crippen molar-refractivity contribution in [1.82, 2.24) is 5.32 Å². The fourth-order valence-electron chi connectivity index (χ4n) is 1.74. The minimum atomic E-state index is -0.0652. The molecule has 1 rings (SSSR count). The van der Waals surface area contributed by atoms with Gasteiger partial charge in [-0.15, -0.1) is 12.4 Å². The van der Waals surface area contributed by atoms with Gasteiger partial charge >= 0.3 is 5.97 Å². The summed E-state index contributed by atoms with van der Waals surface area (Å²) in [7, 11) is 1.46. The lowest BCUT2D eigenvalue weighted by Gasteiger charge is -2.35. The smallest absolute Gasteiger partial charge is 0.308 e. The summed E-state index contributed by atoms with van der Waals surface area (Å²) in [6, 6.07) is 0. The van der Waals surface area contributed by atoms with Crippen LogP contribution >= 0.6 is 12.4 Å². The number of hydrogen-bond donors (Lipinski definition) is 1. The molecule has 1 unspecified atom stereocenters. The van der Waals surface area contributed by atoms with Crippen LogP contribution in [0, 0.1) is 5.92 Å². The SMILES string of the molecule is COC(=O)C1CCNC(C)(C)C1.Cl. The zero-order chi connectivity index (χ0) is 9.19. The molecule has 1 N–H and O–H groups in total. The van der Waals surface area contributed by atoms with Crippen LogP contribution < -0.4 is 5.32 Å². The highest BCUT2D eigenvalue weighted by atomic mass is 35.5. The Morgan fingerprint density at radius 2 is 2.15 bits per heavy atom. The van der Waals surface area contributed by atoms with E-state index in [0.717, 1.165) is 19.4 Å². The highest BCUT2D eigenvalue weighted by Crippen LogP contribution is 2.24. The number of esters is 1. The minimum Gasteiger partial charge on any atom is -0.469 e. The van der Waals surface area contributed by atoms with E-state index in [1.165, 1.54) is 7.11 Å². The largest absolute Gasteiger partial charge is 0.469 e. The second kappa shape index (κ2) is 4.82. The van der Waals surface area contributed by atoms with Crippen molar-refractivity contribution in [2.24, 2.45) is 5.92 Å². The van der Waals surface area contributed by atoms with Gasteiger partial charge in [0.05, 0.1) is 13.0 Å². The molecule has 0 spiro atoms. The molecule has 13 heavy (non-hydrogen) atoms. The predicted molar refractivity (Wildman–Crippen MR) is 54.1 cm³/mol. The second-order valence-electron chi connectivity index (χ2n) is 4.02. The third-order valence-electron chi connectivity index (χ3n) is 2.39. The number of carbonyl (C=O) groups is 1. The molecule has 1 aliphatic rings. The molecule has 0 bridgehead atoms. The average Bonchev–Trinajstić information content (AvgIpc) is 2.01. The van der Waals surface area contributed by atoms with Crippen LogP contribution in [0.5, 0.6) is 0 Å². The van der Waals surface area contributed by atoms with Gasteiger partial charge in [0.25, 0.3) is 0 Å². The molecule has 1 saturated heterocycles. The van der Waals surface area contributed by atoms with Crippen molar-refractivity contribution in [3.05, 3.63) is 0 Å². The number of rotatable bonds is 1. The van der Waals surface area contributed by atoms with E-state index in [4.69, 9.17) is 4.74 Å². The first-order valence-electron chi connectivity index (χ1n) is 4.38. The van der Waals surface area contributed by atoms with Gasteiger partial charge in [-0.2, -0.15) is 0 Å². The van der Waals surface area contributed by atoms with Gasteiger partial charge < -0.3 is 10.1 Å². The number of ether oxygens (including phenoxy) is 1. The van der Waals surface area contributed by atoms with Crippen molar-refractivity contribution in [2.45, 2.75) is 32.2 Å². The Hall–Kier alpha value is -0.280. The van der Waals surface area contributed by atoms with E-state index in [1.54, 1.807) is 0 Å². The van der Waals surface area contributed by atoms with Gasteiger partial charge in [0, 0.05) is 5.54 Å².